The third-order valence-electron chi connectivity index (χ3n) is 6.81. The zero-order valence-corrected chi connectivity index (χ0v) is 23.7. The molecule has 10 heteroatoms. The zero-order valence-electron chi connectivity index (χ0n) is 23.7. The van der Waals surface area contributed by atoms with Crippen LogP contribution in [0.1, 0.15) is 60.4 Å². The number of benzene rings is 2. The molecular weight excluding hydrogens is 535 g/mol. The Kier molecular flexibility index (Phi) is 9.47. The van der Waals surface area contributed by atoms with Crippen molar-refractivity contribution in [2.45, 2.75) is 64.3 Å². The van der Waals surface area contributed by atoms with E-state index in [1.807, 2.05) is 0 Å². The summed E-state index contributed by atoms with van der Waals surface area (Å²) in [5.74, 6) is -3.99. The number of cyclic esters (lactones) is 1. The Morgan fingerprint density at radius 1 is 1.15 bits per heavy atom. The number of methoxy groups -OCH3 is 1. The van der Waals surface area contributed by atoms with Crippen molar-refractivity contribution in [3.05, 3.63) is 77.1 Å². The fraction of sp³-hybridized carbons (Fsp3) is 0.419. The van der Waals surface area contributed by atoms with E-state index in [9.17, 15) is 14.7 Å². The number of hydrogen-bond donors (Lipinski definition) is 1. The number of rotatable bonds is 5. The zero-order chi connectivity index (χ0) is 29.7. The van der Waals surface area contributed by atoms with Crippen molar-refractivity contribution in [2.75, 3.05) is 13.9 Å². The summed E-state index contributed by atoms with van der Waals surface area (Å²) < 4.78 is 50.1. The number of carbonyl (C=O) groups excluding carboxylic acids is 2. The van der Waals surface area contributed by atoms with Crippen molar-refractivity contribution in [1.29, 1.82) is 0 Å². The molecule has 0 spiro atoms. The maximum absolute atomic E-state index is 16.0. The van der Waals surface area contributed by atoms with Crippen molar-refractivity contribution in [2.24, 2.45) is 5.92 Å². The van der Waals surface area contributed by atoms with Crippen LogP contribution in [0.5, 0.6) is 11.5 Å². The average molecular weight is 571 g/mol. The number of phenols is 1. The summed E-state index contributed by atoms with van der Waals surface area (Å²) in [6.45, 7) is 6.52. The van der Waals surface area contributed by atoms with Gasteiger partial charge >= 0.3 is 11.9 Å². The fourth-order valence-corrected chi connectivity index (χ4v) is 4.69. The van der Waals surface area contributed by atoms with Gasteiger partial charge in [0.05, 0.1) is 11.7 Å². The summed E-state index contributed by atoms with van der Waals surface area (Å²) in [6.07, 6.45) is 0.830. The average Bonchev–Trinajstić information content (AvgIpc) is 3.23. The Morgan fingerprint density at radius 2 is 1.88 bits per heavy atom. The summed E-state index contributed by atoms with van der Waals surface area (Å²) in [4.78, 5) is 26.4. The predicted molar refractivity (Wildman–Crippen MR) is 147 cm³/mol. The second-order valence-electron chi connectivity index (χ2n) is 10.4. The van der Waals surface area contributed by atoms with Gasteiger partial charge in [-0.15, -0.1) is 0 Å². The van der Waals surface area contributed by atoms with Crippen LogP contribution in [0.2, 0.25) is 0 Å². The van der Waals surface area contributed by atoms with Crippen molar-refractivity contribution < 1.29 is 47.5 Å². The van der Waals surface area contributed by atoms with Crippen LogP contribution in [0.3, 0.4) is 0 Å². The smallest absolute Gasteiger partial charge is 0.342 e. The molecule has 0 aromatic heterocycles. The second-order valence-corrected chi connectivity index (χ2v) is 10.4. The summed E-state index contributed by atoms with van der Waals surface area (Å²) in [6, 6.07) is 11.0. The summed E-state index contributed by atoms with van der Waals surface area (Å²) in [5.41, 5.74) is 0.668. The highest BCUT2D eigenvalue weighted by Crippen LogP contribution is 2.37. The van der Waals surface area contributed by atoms with Gasteiger partial charge in [-0.05, 0) is 57.0 Å². The summed E-state index contributed by atoms with van der Waals surface area (Å²) in [5, 5.41) is 10.3. The van der Waals surface area contributed by atoms with Gasteiger partial charge in [-0.3, -0.25) is 0 Å². The van der Waals surface area contributed by atoms with E-state index in [1.54, 1.807) is 70.2 Å². The molecule has 220 valence electrons. The number of hydrogen-bond acceptors (Lipinski definition) is 9. The maximum Gasteiger partial charge on any atom is 0.342 e. The van der Waals surface area contributed by atoms with Gasteiger partial charge in [-0.1, -0.05) is 37.3 Å². The molecular formula is C31H35FO9. The van der Waals surface area contributed by atoms with Crippen LogP contribution in [0.15, 0.2) is 60.4 Å². The molecule has 2 aromatic rings. The molecule has 1 saturated heterocycles. The third kappa shape index (κ3) is 7.32. The highest BCUT2D eigenvalue weighted by atomic mass is 19.1. The van der Waals surface area contributed by atoms with Gasteiger partial charge < -0.3 is 33.5 Å². The molecule has 2 aromatic carbocycles. The summed E-state index contributed by atoms with van der Waals surface area (Å²) >= 11 is 0. The topological polar surface area (TPSA) is 110 Å². The predicted octanol–water partition coefficient (Wildman–Crippen LogP) is 5.57. The van der Waals surface area contributed by atoms with E-state index in [0.717, 1.165) is 0 Å². The van der Waals surface area contributed by atoms with Crippen molar-refractivity contribution >= 4 is 18.0 Å². The largest absolute Gasteiger partial charge is 0.508 e. The van der Waals surface area contributed by atoms with Gasteiger partial charge in [-0.2, -0.15) is 0 Å². The molecule has 4 rings (SSSR count). The lowest BCUT2D eigenvalue weighted by Gasteiger charge is -2.27. The van der Waals surface area contributed by atoms with Crippen molar-refractivity contribution in [1.82, 2.24) is 0 Å². The van der Waals surface area contributed by atoms with Crippen LogP contribution in [0, 0.1) is 5.92 Å². The molecule has 3 unspecified atom stereocenters. The number of phenolic OH excluding ortho intramolecular Hbond substituents is 1. The first-order chi connectivity index (χ1) is 19.5. The number of aromatic hydroxyl groups is 1. The van der Waals surface area contributed by atoms with Crippen LogP contribution in [0.25, 0.3) is 6.08 Å². The first-order valence-corrected chi connectivity index (χ1v) is 13.3. The van der Waals surface area contributed by atoms with E-state index < -0.39 is 53.9 Å². The van der Waals surface area contributed by atoms with Crippen molar-refractivity contribution in [3.8, 4) is 11.5 Å². The van der Waals surface area contributed by atoms with Crippen LogP contribution < -0.4 is 4.74 Å². The van der Waals surface area contributed by atoms with E-state index in [0.29, 0.717) is 5.56 Å². The minimum absolute atomic E-state index is 0.0671. The van der Waals surface area contributed by atoms with E-state index in [2.05, 4.69) is 0 Å². The molecule has 2 aliphatic heterocycles. The molecule has 0 bridgehead atoms. The van der Waals surface area contributed by atoms with E-state index in [1.165, 1.54) is 25.3 Å². The molecule has 2 aliphatic rings. The van der Waals surface area contributed by atoms with Crippen molar-refractivity contribution in [3.63, 3.8) is 0 Å². The molecule has 0 aliphatic carbocycles. The quantitative estimate of drug-likeness (QED) is 0.364. The SMILES string of the molecule is COCOc1cc(O)cc2c1C(=O)O[C@@H](C)[C@H](C)/C=C(/F)C(OC(=O)c1ccccc1)C1OC(C)(C)OC1C/C=C/2. The molecule has 1 fully saturated rings. The van der Waals surface area contributed by atoms with E-state index >= 15 is 4.39 Å². The van der Waals surface area contributed by atoms with E-state index in [-0.39, 0.29) is 35.8 Å². The third-order valence-corrected chi connectivity index (χ3v) is 6.81. The van der Waals surface area contributed by atoms with Gasteiger partial charge in [0.1, 0.15) is 35.1 Å². The second kappa shape index (κ2) is 12.8. The van der Waals surface area contributed by atoms with E-state index in [4.69, 9.17) is 28.4 Å². The highest BCUT2D eigenvalue weighted by Gasteiger charge is 2.48. The number of halogens is 1. The lowest BCUT2D eigenvalue weighted by Crippen LogP contribution is -2.39. The normalized spacial score (nSPS) is 28.2. The van der Waals surface area contributed by atoms with Gasteiger partial charge in [0.25, 0.3) is 0 Å². The van der Waals surface area contributed by atoms with Crippen LogP contribution in [0.4, 0.5) is 4.39 Å². The lowest BCUT2D eigenvalue weighted by molar-refractivity contribution is -0.154. The highest BCUT2D eigenvalue weighted by molar-refractivity contribution is 5.97. The first-order valence-electron chi connectivity index (χ1n) is 13.3. The molecule has 2 heterocycles. The molecule has 0 saturated carbocycles. The number of esters is 2. The molecule has 0 radical (unpaired) electrons. The molecule has 1 N–H and O–H groups in total. The molecule has 9 nitrogen and oxygen atoms in total. The minimum atomic E-state index is -1.43. The Labute approximate surface area is 238 Å². The Balaban J connectivity index is 1.77. The monoisotopic (exact) mass is 570 g/mol. The van der Waals surface area contributed by atoms with Gasteiger partial charge in [0.15, 0.2) is 18.7 Å². The van der Waals surface area contributed by atoms with Gasteiger partial charge in [0.2, 0.25) is 0 Å². The molecule has 0 amide bonds. The van der Waals surface area contributed by atoms with Gasteiger partial charge in [0, 0.05) is 19.1 Å². The Hall–Kier alpha value is -3.73. The fourth-order valence-electron chi connectivity index (χ4n) is 4.69. The van der Waals surface area contributed by atoms with Crippen LogP contribution >= 0.6 is 0 Å². The van der Waals surface area contributed by atoms with Crippen LogP contribution in [-0.4, -0.2) is 61.2 Å². The minimum Gasteiger partial charge on any atom is -0.508 e. The number of carbonyl (C=O) groups is 2. The Morgan fingerprint density at radius 3 is 2.59 bits per heavy atom. The van der Waals surface area contributed by atoms with Crippen LogP contribution in [-0.2, 0) is 23.7 Å². The number of ether oxygens (including phenoxy) is 6. The molecule has 5 atom stereocenters. The maximum atomic E-state index is 16.0. The first kappa shape index (κ1) is 30.2. The standard InChI is InChI=1S/C31H35FO9/c1-18-14-23(32)27(39-29(34)20-10-7-6-8-11-20)28-24(40-31(3,4)41-28)13-9-12-21-15-22(33)16-25(37-17-36-5)26(21)30(35)38-19(18)2/h6-12,14-16,18-19,24,27-28,33H,13,17H2,1-5H3/b12-9+,23-14+/t18-,19+,24?,27?,28?/m1/s1. The lowest BCUT2D eigenvalue weighted by atomic mass is 9.98. The van der Waals surface area contributed by atoms with Gasteiger partial charge in [-0.25, -0.2) is 14.0 Å². The number of fused-ring (bicyclic) bond motifs is 2. The summed E-state index contributed by atoms with van der Waals surface area (Å²) in [7, 11) is 1.43. The molecule has 41 heavy (non-hydrogen) atoms. The Bertz CT molecular complexity index is 1300.